The van der Waals surface area contributed by atoms with E-state index in [1.54, 1.807) is 0 Å². The Morgan fingerprint density at radius 3 is 2.27 bits per heavy atom. The van der Waals surface area contributed by atoms with Gasteiger partial charge in [-0.2, -0.15) is 0 Å². The fourth-order valence-electron chi connectivity index (χ4n) is 4.42. The van der Waals surface area contributed by atoms with E-state index >= 15 is 0 Å². The monoisotopic (exact) mass is 443 g/mol. The molecule has 1 unspecified atom stereocenters. The minimum atomic E-state index is -0.245. The summed E-state index contributed by atoms with van der Waals surface area (Å²) in [6.45, 7) is 2.29. The molecule has 1 fully saturated rings. The van der Waals surface area contributed by atoms with Crippen LogP contribution in [0.3, 0.4) is 0 Å². The van der Waals surface area contributed by atoms with Crippen LogP contribution in [0.2, 0.25) is 0 Å². The molecule has 33 heavy (non-hydrogen) atoms. The molecule has 6 heteroatoms. The van der Waals surface area contributed by atoms with Crippen molar-refractivity contribution in [2.75, 3.05) is 27.2 Å². The molecule has 0 aliphatic carbocycles. The van der Waals surface area contributed by atoms with E-state index in [9.17, 15) is 4.79 Å². The molecule has 1 aromatic heterocycles. The third kappa shape index (κ3) is 6.24. The zero-order chi connectivity index (χ0) is 23.0. The maximum absolute atomic E-state index is 13.5. The molecule has 4 rings (SSSR count). The number of carbonyl (C=O) groups excluding carboxylic acids is 1. The normalized spacial score (nSPS) is 15.5. The van der Waals surface area contributed by atoms with Gasteiger partial charge in [-0.15, -0.1) is 0 Å². The fourth-order valence-corrected chi connectivity index (χ4v) is 4.42. The first-order valence-electron chi connectivity index (χ1n) is 11.7. The Bertz CT molecular complexity index is 1000. The van der Waals surface area contributed by atoms with Crippen molar-refractivity contribution >= 4 is 5.91 Å². The van der Waals surface area contributed by atoms with Crippen molar-refractivity contribution in [1.29, 1.82) is 0 Å². The molecule has 1 saturated heterocycles. The van der Waals surface area contributed by atoms with Crippen LogP contribution in [-0.4, -0.2) is 64.9 Å². The minimum Gasteiger partial charge on any atom is -0.341 e. The second kappa shape index (κ2) is 11.2. The molecule has 172 valence electrons. The van der Waals surface area contributed by atoms with Crippen molar-refractivity contribution in [2.45, 2.75) is 37.9 Å². The van der Waals surface area contributed by atoms with E-state index in [4.69, 9.17) is 0 Å². The van der Waals surface area contributed by atoms with Gasteiger partial charge in [0.2, 0.25) is 5.91 Å². The molecule has 6 nitrogen and oxygen atoms in total. The molecule has 1 aliphatic heterocycles. The average molecular weight is 444 g/mol. The number of hydrogen-bond donors (Lipinski definition) is 1. The van der Waals surface area contributed by atoms with E-state index in [2.05, 4.69) is 70.7 Å². The van der Waals surface area contributed by atoms with Crippen LogP contribution in [0.1, 0.15) is 24.0 Å². The van der Waals surface area contributed by atoms with E-state index in [1.165, 1.54) is 11.9 Å². The van der Waals surface area contributed by atoms with Gasteiger partial charge >= 0.3 is 0 Å². The van der Waals surface area contributed by atoms with Crippen molar-refractivity contribution in [2.24, 2.45) is 0 Å². The van der Waals surface area contributed by atoms with Crippen molar-refractivity contribution in [3.8, 4) is 11.1 Å². The number of nitrogens with zero attached hydrogens (tertiary/aromatic N) is 4. The van der Waals surface area contributed by atoms with Crippen LogP contribution in [0, 0.1) is 0 Å². The van der Waals surface area contributed by atoms with Gasteiger partial charge in [-0.3, -0.25) is 4.79 Å². The number of amides is 1. The van der Waals surface area contributed by atoms with E-state index in [0.717, 1.165) is 42.6 Å². The fraction of sp³-hybridized carbons (Fsp3) is 0.370. The van der Waals surface area contributed by atoms with Gasteiger partial charge in [0.05, 0.1) is 6.04 Å². The number of carbonyl (C=O) groups is 1. The highest BCUT2D eigenvalue weighted by atomic mass is 16.2. The number of nitrogens with one attached hydrogen (secondary N) is 1. The Morgan fingerprint density at radius 2 is 1.64 bits per heavy atom. The molecule has 2 heterocycles. The Balaban J connectivity index is 1.42. The molecular formula is C27H33N5O. The van der Waals surface area contributed by atoms with Gasteiger partial charge in [0.25, 0.3) is 0 Å². The van der Waals surface area contributed by atoms with Crippen molar-refractivity contribution in [3.05, 3.63) is 84.4 Å². The van der Waals surface area contributed by atoms with E-state index in [-0.39, 0.29) is 11.9 Å². The molecule has 0 bridgehead atoms. The topological polar surface area (TPSA) is 61.4 Å². The Kier molecular flexibility index (Phi) is 7.81. The molecular weight excluding hydrogens is 410 g/mol. The van der Waals surface area contributed by atoms with Gasteiger partial charge in [-0.1, -0.05) is 54.6 Å². The SMILES string of the molecule is CN(C)C1CCN(C(=O)C(Cc2ccccc2)NCc2ccc(-c3cncnc3)cc2)CC1. The highest BCUT2D eigenvalue weighted by Crippen LogP contribution is 2.19. The van der Waals surface area contributed by atoms with Crippen LogP contribution >= 0.6 is 0 Å². The lowest BCUT2D eigenvalue weighted by atomic mass is 10.0. The number of benzene rings is 2. The summed E-state index contributed by atoms with van der Waals surface area (Å²) in [5.74, 6) is 0.203. The lowest BCUT2D eigenvalue weighted by Crippen LogP contribution is -2.52. The highest BCUT2D eigenvalue weighted by Gasteiger charge is 2.28. The van der Waals surface area contributed by atoms with Gasteiger partial charge < -0.3 is 15.1 Å². The van der Waals surface area contributed by atoms with Gasteiger partial charge in [0.1, 0.15) is 6.33 Å². The molecule has 0 radical (unpaired) electrons. The Hall–Kier alpha value is -3.09. The number of hydrogen-bond acceptors (Lipinski definition) is 5. The smallest absolute Gasteiger partial charge is 0.240 e. The summed E-state index contributed by atoms with van der Waals surface area (Å²) < 4.78 is 0. The quantitative estimate of drug-likeness (QED) is 0.578. The second-order valence-electron chi connectivity index (χ2n) is 8.97. The maximum atomic E-state index is 13.5. The van der Waals surface area contributed by atoms with Crippen molar-refractivity contribution in [1.82, 2.24) is 25.1 Å². The van der Waals surface area contributed by atoms with E-state index in [1.807, 2.05) is 35.5 Å². The summed E-state index contributed by atoms with van der Waals surface area (Å²) in [7, 11) is 4.25. The van der Waals surface area contributed by atoms with E-state index in [0.29, 0.717) is 19.0 Å². The third-order valence-electron chi connectivity index (χ3n) is 6.49. The van der Waals surface area contributed by atoms with Crippen LogP contribution in [-0.2, 0) is 17.8 Å². The summed E-state index contributed by atoms with van der Waals surface area (Å²) in [4.78, 5) is 26.0. The number of aromatic nitrogens is 2. The highest BCUT2D eigenvalue weighted by molar-refractivity contribution is 5.82. The lowest BCUT2D eigenvalue weighted by Gasteiger charge is -2.37. The molecule has 1 atom stereocenters. The van der Waals surface area contributed by atoms with Crippen LogP contribution in [0.15, 0.2) is 73.3 Å². The van der Waals surface area contributed by atoms with Crippen LogP contribution < -0.4 is 5.32 Å². The summed E-state index contributed by atoms with van der Waals surface area (Å²) in [6.07, 6.45) is 7.91. The molecule has 1 amide bonds. The van der Waals surface area contributed by atoms with Crippen molar-refractivity contribution < 1.29 is 4.79 Å². The van der Waals surface area contributed by atoms with Gasteiger partial charge in [-0.05, 0) is 50.0 Å². The van der Waals surface area contributed by atoms with Crippen LogP contribution in [0.4, 0.5) is 0 Å². The maximum Gasteiger partial charge on any atom is 0.240 e. The second-order valence-corrected chi connectivity index (χ2v) is 8.97. The van der Waals surface area contributed by atoms with Gasteiger partial charge in [-0.25, -0.2) is 9.97 Å². The molecule has 1 aliphatic rings. The zero-order valence-electron chi connectivity index (χ0n) is 19.5. The van der Waals surface area contributed by atoms with Gasteiger partial charge in [0, 0.05) is 43.6 Å². The first-order valence-corrected chi connectivity index (χ1v) is 11.7. The first kappa shape index (κ1) is 23.1. The summed E-state index contributed by atoms with van der Waals surface area (Å²) in [6, 6.07) is 18.9. The number of piperidine rings is 1. The molecule has 1 N–H and O–H groups in total. The third-order valence-corrected chi connectivity index (χ3v) is 6.49. The Labute approximate surface area is 196 Å². The van der Waals surface area contributed by atoms with Crippen LogP contribution in [0.5, 0.6) is 0 Å². The molecule has 3 aromatic rings. The van der Waals surface area contributed by atoms with Crippen LogP contribution in [0.25, 0.3) is 11.1 Å². The molecule has 2 aromatic carbocycles. The Morgan fingerprint density at radius 1 is 0.970 bits per heavy atom. The van der Waals surface area contributed by atoms with Gasteiger partial charge in [0.15, 0.2) is 0 Å². The molecule has 0 spiro atoms. The first-order chi connectivity index (χ1) is 16.1. The summed E-state index contributed by atoms with van der Waals surface area (Å²) in [5, 5.41) is 3.55. The summed E-state index contributed by atoms with van der Waals surface area (Å²) >= 11 is 0. The minimum absolute atomic E-state index is 0.203. The van der Waals surface area contributed by atoms with Crippen molar-refractivity contribution in [3.63, 3.8) is 0 Å². The zero-order valence-corrected chi connectivity index (χ0v) is 19.5. The summed E-state index contributed by atoms with van der Waals surface area (Å²) in [5.41, 5.74) is 4.40. The van der Waals surface area contributed by atoms with E-state index < -0.39 is 0 Å². The standard InChI is InChI=1S/C27H33N5O/c1-31(2)25-12-14-32(15-13-25)27(33)26(16-21-6-4-3-5-7-21)30-17-22-8-10-23(11-9-22)24-18-28-20-29-19-24/h3-11,18-20,25-26,30H,12-17H2,1-2H3. The molecule has 0 saturated carbocycles. The average Bonchev–Trinajstić information content (AvgIpc) is 2.87. The number of likely N-dealkylation sites (tertiary alicyclic amines) is 1. The largest absolute Gasteiger partial charge is 0.341 e. The predicted molar refractivity (Wildman–Crippen MR) is 132 cm³/mol. The predicted octanol–water partition coefficient (Wildman–Crippen LogP) is 3.40. The lowest BCUT2D eigenvalue weighted by molar-refractivity contribution is -0.135. The number of rotatable bonds is 8.